The highest BCUT2D eigenvalue weighted by atomic mass is 16.5. The second-order valence-electron chi connectivity index (χ2n) is 8.18. The van der Waals surface area contributed by atoms with E-state index >= 15 is 0 Å². The van der Waals surface area contributed by atoms with Crippen molar-refractivity contribution in [2.75, 3.05) is 53.1 Å². The molecule has 1 unspecified atom stereocenters. The quantitative estimate of drug-likeness (QED) is 0.364. The number of hydrogen-bond donors (Lipinski definition) is 1. The number of morpholine rings is 1. The first kappa shape index (κ1) is 23.8. The third-order valence-corrected chi connectivity index (χ3v) is 6.15. The van der Waals surface area contributed by atoms with Gasteiger partial charge in [0.25, 0.3) is 11.7 Å². The van der Waals surface area contributed by atoms with Crippen LogP contribution in [0.2, 0.25) is 0 Å². The lowest BCUT2D eigenvalue weighted by Gasteiger charge is -2.31. The van der Waals surface area contributed by atoms with Crippen LogP contribution in [0.5, 0.6) is 11.5 Å². The summed E-state index contributed by atoms with van der Waals surface area (Å²) in [6, 6.07) is 13.4. The lowest BCUT2D eigenvalue weighted by molar-refractivity contribution is -0.140. The van der Waals surface area contributed by atoms with Gasteiger partial charge in [-0.3, -0.25) is 14.5 Å². The molecule has 1 atom stereocenters. The Morgan fingerprint density at radius 1 is 1.06 bits per heavy atom. The third kappa shape index (κ3) is 4.93. The fourth-order valence-corrected chi connectivity index (χ4v) is 4.38. The summed E-state index contributed by atoms with van der Waals surface area (Å²) in [7, 11) is 1.56. The Bertz CT molecular complexity index is 1060. The first-order chi connectivity index (χ1) is 16.5. The molecule has 2 aliphatic rings. The monoisotopic (exact) mass is 466 g/mol. The van der Waals surface area contributed by atoms with Crippen LogP contribution >= 0.6 is 0 Å². The van der Waals surface area contributed by atoms with E-state index < -0.39 is 17.7 Å². The van der Waals surface area contributed by atoms with Crippen molar-refractivity contribution in [1.82, 2.24) is 9.80 Å². The van der Waals surface area contributed by atoms with E-state index in [1.807, 2.05) is 31.2 Å². The molecule has 0 aromatic heterocycles. The van der Waals surface area contributed by atoms with E-state index in [0.717, 1.165) is 13.1 Å². The van der Waals surface area contributed by atoms with E-state index in [0.29, 0.717) is 55.5 Å². The number of aliphatic hydroxyl groups excluding tert-OH is 1. The average Bonchev–Trinajstić information content (AvgIpc) is 3.13. The number of amides is 1. The fraction of sp³-hybridized carbons (Fsp3) is 0.385. The van der Waals surface area contributed by atoms with E-state index in [1.165, 1.54) is 0 Å². The van der Waals surface area contributed by atoms with Crippen molar-refractivity contribution in [2.45, 2.75) is 13.0 Å². The van der Waals surface area contributed by atoms with Crippen LogP contribution in [0.25, 0.3) is 5.76 Å². The van der Waals surface area contributed by atoms with Crippen molar-refractivity contribution in [3.63, 3.8) is 0 Å². The second kappa shape index (κ2) is 10.7. The summed E-state index contributed by atoms with van der Waals surface area (Å²) in [5.74, 6) is -0.245. The van der Waals surface area contributed by atoms with Crippen molar-refractivity contribution < 1.29 is 28.9 Å². The Labute approximate surface area is 199 Å². The number of aliphatic hydroxyl groups is 1. The number of Topliss-reactive ketones (excluding diaryl/α,β-unsaturated/α-hetero) is 1. The number of nitrogens with zero attached hydrogens (tertiary/aromatic N) is 2. The minimum Gasteiger partial charge on any atom is -0.507 e. The standard InChI is InChI=1S/C26H30N2O6/c1-3-34-21-6-4-5-19(17-21)23-22(24(29)18-7-9-20(32-2)10-8-18)25(30)26(31)28(23)12-11-27-13-15-33-16-14-27/h4-10,17,23,29H,3,11-16H2,1-2H3/b24-22-. The zero-order valence-corrected chi connectivity index (χ0v) is 19.5. The van der Waals surface area contributed by atoms with Crippen molar-refractivity contribution >= 4 is 17.4 Å². The molecule has 0 saturated carbocycles. The average molecular weight is 467 g/mol. The maximum Gasteiger partial charge on any atom is 0.295 e. The van der Waals surface area contributed by atoms with Crippen LogP contribution in [-0.4, -0.2) is 79.7 Å². The van der Waals surface area contributed by atoms with E-state index in [4.69, 9.17) is 14.2 Å². The van der Waals surface area contributed by atoms with Crippen molar-refractivity contribution in [3.8, 4) is 11.5 Å². The van der Waals surface area contributed by atoms with Gasteiger partial charge in [-0.2, -0.15) is 0 Å². The van der Waals surface area contributed by atoms with Gasteiger partial charge in [0.05, 0.1) is 38.5 Å². The molecule has 2 heterocycles. The van der Waals surface area contributed by atoms with Gasteiger partial charge in [-0.15, -0.1) is 0 Å². The minimum absolute atomic E-state index is 0.0748. The number of rotatable bonds is 8. The first-order valence-corrected chi connectivity index (χ1v) is 11.5. The lowest BCUT2D eigenvalue weighted by Crippen LogP contribution is -2.42. The summed E-state index contributed by atoms with van der Waals surface area (Å²) >= 11 is 0. The second-order valence-corrected chi connectivity index (χ2v) is 8.18. The van der Waals surface area contributed by atoms with Crippen LogP contribution in [0.15, 0.2) is 54.1 Å². The highest BCUT2D eigenvalue weighted by Gasteiger charge is 2.46. The van der Waals surface area contributed by atoms with Gasteiger partial charge in [-0.25, -0.2) is 0 Å². The van der Waals surface area contributed by atoms with Gasteiger partial charge in [-0.1, -0.05) is 12.1 Å². The molecule has 2 aliphatic heterocycles. The number of hydrogen-bond acceptors (Lipinski definition) is 7. The number of benzene rings is 2. The molecular formula is C26H30N2O6. The summed E-state index contributed by atoms with van der Waals surface area (Å²) in [6.45, 7) is 6.21. The van der Waals surface area contributed by atoms with Crippen LogP contribution in [0.1, 0.15) is 24.1 Å². The number of carbonyl (C=O) groups is 2. The molecular weight excluding hydrogens is 436 g/mol. The van der Waals surface area contributed by atoms with E-state index in [2.05, 4.69) is 4.90 Å². The predicted octanol–water partition coefficient (Wildman–Crippen LogP) is 2.85. The largest absolute Gasteiger partial charge is 0.507 e. The van der Waals surface area contributed by atoms with Gasteiger partial charge in [-0.05, 0) is 48.9 Å². The maximum absolute atomic E-state index is 13.2. The number of likely N-dealkylation sites (tertiary alicyclic amines) is 1. The van der Waals surface area contributed by atoms with Gasteiger partial charge >= 0.3 is 0 Å². The Kier molecular flexibility index (Phi) is 7.49. The Morgan fingerprint density at radius 3 is 2.47 bits per heavy atom. The summed E-state index contributed by atoms with van der Waals surface area (Å²) < 4.78 is 16.3. The number of carbonyl (C=O) groups excluding carboxylic acids is 2. The van der Waals surface area contributed by atoms with Crippen LogP contribution in [0.4, 0.5) is 0 Å². The third-order valence-electron chi connectivity index (χ3n) is 6.15. The van der Waals surface area contributed by atoms with Crippen LogP contribution in [0.3, 0.4) is 0 Å². The van der Waals surface area contributed by atoms with Gasteiger partial charge in [0.1, 0.15) is 17.3 Å². The van der Waals surface area contributed by atoms with Crippen LogP contribution < -0.4 is 9.47 Å². The molecule has 8 heteroatoms. The fourth-order valence-electron chi connectivity index (χ4n) is 4.38. The zero-order valence-electron chi connectivity index (χ0n) is 19.5. The smallest absolute Gasteiger partial charge is 0.295 e. The number of ketones is 1. The Balaban J connectivity index is 1.74. The molecule has 2 fully saturated rings. The summed E-state index contributed by atoms with van der Waals surface area (Å²) in [4.78, 5) is 30.1. The SMILES string of the molecule is CCOc1cccc(C2/C(=C(/O)c3ccc(OC)cc3)C(=O)C(=O)N2CCN2CCOCC2)c1. The molecule has 8 nitrogen and oxygen atoms in total. The molecule has 2 aromatic rings. The molecule has 0 radical (unpaired) electrons. The molecule has 180 valence electrons. The highest BCUT2D eigenvalue weighted by Crippen LogP contribution is 2.40. The van der Waals surface area contributed by atoms with Gasteiger partial charge in [0, 0.05) is 31.7 Å². The molecule has 0 spiro atoms. The van der Waals surface area contributed by atoms with Crippen LogP contribution in [0, 0.1) is 0 Å². The number of ether oxygens (including phenoxy) is 3. The molecule has 0 aliphatic carbocycles. The molecule has 1 N–H and O–H groups in total. The molecule has 2 saturated heterocycles. The highest BCUT2D eigenvalue weighted by molar-refractivity contribution is 6.46. The lowest BCUT2D eigenvalue weighted by atomic mass is 9.95. The molecule has 2 aromatic carbocycles. The summed E-state index contributed by atoms with van der Waals surface area (Å²) in [5.41, 5.74) is 1.23. The number of methoxy groups -OCH3 is 1. The normalized spacial score (nSPS) is 20.5. The van der Waals surface area contributed by atoms with E-state index in [9.17, 15) is 14.7 Å². The maximum atomic E-state index is 13.2. The van der Waals surface area contributed by atoms with E-state index in [1.54, 1.807) is 36.3 Å². The summed E-state index contributed by atoms with van der Waals surface area (Å²) in [6.07, 6.45) is 0. The zero-order chi connectivity index (χ0) is 24.1. The minimum atomic E-state index is -0.719. The van der Waals surface area contributed by atoms with Crippen molar-refractivity contribution in [3.05, 3.63) is 65.2 Å². The molecule has 34 heavy (non-hydrogen) atoms. The van der Waals surface area contributed by atoms with Gasteiger partial charge in [0.2, 0.25) is 0 Å². The van der Waals surface area contributed by atoms with Crippen molar-refractivity contribution in [1.29, 1.82) is 0 Å². The topological polar surface area (TPSA) is 88.5 Å². The van der Waals surface area contributed by atoms with Gasteiger partial charge in [0.15, 0.2) is 0 Å². The van der Waals surface area contributed by atoms with Gasteiger partial charge < -0.3 is 24.2 Å². The van der Waals surface area contributed by atoms with Crippen molar-refractivity contribution in [2.24, 2.45) is 0 Å². The Morgan fingerprint density at radius 2 is 1.79 bits per heavy atom. The first-order valence-electron chi connectivity index (χ1n) is 11.5. The van der Waals surface area contributed by atoms with Crippen LogP contribution in [-0.2, 0) is 14.3 Å². The van der Waals surface area contributed by atoms with E-state index in [-0.39, 0.29) is 11.3 Å². The molecule has 0 bridgehead atoms. The molecule has 4 rings (SSSR count). The summed E-state index contributed by atoms with van der Waals surface area (Å²) in [5, 5.41) is 11.2. The Hall–Kier alpha value is -3.36. The predicted molar refractivity (Wildman–Crippen MR) is 127 cm³/mol. The molecule has 1 amide bonds.